The van der Waals surface area contributed by atoms with Crippen molar-refractivity contribution in [2.24, 2.45) is 18.9 Å². The minimum absolute atomic E-state index is 0.0218. The number of pyridine rings is 3. The van der Waals surface area contributed by atoms with E-state index in [1.54, 1.807) is 42.2 Å². The summed E-state index contributed by atoms with van der Waals surface area (Å²) in [5.41, 5.74) is 3.04. The Labute approximate surface area is 179 Å². The molecule has 3 aromatic rings. The Bertz CT molecular complexity index is 1290. The highest BCUT2D eigenvalue weighted by molar-refractivity contribution is 5.96. The Morgan fingerprint density at radius 3 is 2.52 bits per heavy atom. The number of Topliss-reactive ketones (excluding diaryl/α,β-unsaturated/α-hetero) is 1. The fraction of sp³-hybridized carbons (Fsp3) is 0.375. The highest BCUT2D eigenvalue weighted by Gasteiger charge is 2.30. The van der Waals surface area contributed by atoms with Gasteiger partial charge in [-0.25, -0.2) is 4.98 Å². The molecule has 31 heavy (non-hydrogen) atoms. The molecule has 7 heteroatoms. The lowest BCUT2D eigenvalue weighted by Crippen LogP contribution is -2.20. The van der Waals surface area contributed by atoms with Crippen molar-refractivity contribution in [2.75, 3.05) is 5.32 Å². The number of nitrogens with zero attached hydrogens (tertiary/aromatic N) is 3. The second-order valence-corrected chi connectivity index (χ2v) is 8.77. The number of carbonyl (C=O) groups is 2. The SMILES string of the molecule is Cc1cc(C(=O)CC2CC2)ncc1-c1cc2cnc(NC(=O)C3CC3)cc2n(C)c1=O. The van der Waals surface area contributed by atoms with E-state index in [1.807, 2.05) is 6.92 Å². The number of rotatable bonds is 6. The smallest absolute Gasteiger partial charge is 0.258 e. The van der Waals surface area contributed by atoms with Crippen molar-refractivity contribution in [3.8, 4) is 11.1 Å². The molecule has 0 atom stereocenters. The highest BCUT2D eigenvalue weighted by atomic mass is 16.2. The van der Waals surface area contributed by atoms with Crippen LogP contribution in [-0.2, 0) is 11.8 Å². The van der Waals surface area contributed by atoms with Crippen LogP contribution in [0.15, 0.2) is 35.4 Å². The molecule has 0 radical (unpaired) electrons. The minimum Gasteiger partial charge on any atom is -0.311 e. The number of anilines is 1. The summed E-state index contributed by atoms with van der Waals surface area (Å²) in [7, 11) is 1.71. The Morgan fingerprint density at radius 2 is 1.84 bits per heavy atom. The molecule has 2 aliphatic carbocycles. The van der Waals surface area contributed by atoms with Crippen LogP contribution < -0.4 is 10.9 Å². The molecule has 1 amide bonds. The summed E-state index contributed by atoms with van der Waals surface area (Å²) in [4.78, 5) is 46.2. The van der Waals surface area contributed by atoms with Crippen molar-refractivity contribution in [1.82, 2.24) is 14.5 Å². The fourth-order valence-electron chi connectivity index (χ4n) is 3.88. The number of carbonyl (C=O) groups excluding carboxylic acids is 2. The fourth-order valence-corrected chi connectivity index (χ4v) is 3.88. The summed E-state index contributed by atoms with van der Waals surface area (Å²) in [6.45, 7) is 1.89. The lowest BCUT2D eigenvalue weighted by atomic mass is 10.0. The Hall–Kier alpha value is -3.35. The van der Waals surface area contributed by atoms with Gasteiger partial charge in [-0.1, -0.05) is 0 Å². The predicted octanol–water partition coefficient (Wildman–Crippen LogP) is 3.64. The van der Waals surface area contributed by atoms with Crippen molar-refractivity contribution >= 4 is 28.4 Å². The van der Waals surface area contributed by atoms with Gasteiger partial charge in [0.1, 0.15) is 11.5 Å². The van der Waals surface area contributed by atoms with E-state index in [0.29, 0.717) is 40.5 Å². The molecule has 0 aromatic carbocycles. The highest BCUT2D eigenvalue weighted by Crippen LogP contribution is 2.34. The van der Waals surface area contributed by atoms with E-state index >= 15 is 0 Å². The second-order valence-electron chi connectivity index (χ2n) is 8.77. The Kier molecular flexibility index (Phi) is 4.68. The molecule has 7 nitrogen and oxygen atoms in total. The topological polar surface area (TPSA) is 93.9 Å². The van der Waals surface area contributed by atoms with E-state index in [4.69, 9.17) is 0 Å². The summed E-state index contributed by atoms with van der Waals surface area (Å²) >= 11 is 0. The zero-order chi connectivity index (χ0) is 21.7. The molecule has 0 saturated heterocycles. The molecule has 2 aliphatic rings. The normalized spacial score (nSPS) is 15.8. The van der Waals surface area contributed by atoms with Gasteiger partial charge in [0, 0.05) is 54.4 Å². The number of nitrogens with one attached hydrogen (secondary N) is 1. The molecule has 2 saturated carbocycles. The van der Waals surface area contributed by atoms with Crippen molar-refractivity contribution in [3.05, 3.63) is 52.2 Å². The third-order valence-corrected chi connectivity index (χ3v) is 6.17. The largest absolute Gasteiger partial charge is 0.311 e. The third kappa shape index (κ3) is 3.87. The van der Waals surface area contributed by atoms with Gasteiger partial charge in [-0.15, -0.1) is 0 Å². The number of hydrogen-bond acceptors (Lipinski definition) is 5. The lowest BCUT2D eigenvalue weighted by Gasteiger charge is -2.12. The van der Waals surface area contributed by atoms with Crippen molar-refractivity contribution in [2.45, 2.75) is 39.0 Å². The molecule has 0 aliphatic heterocycles. The van der Waals surface area contributed by atoms with Gasteiger partial charge in [0.05, 0.1) is 5.52 Å². The van der Waals surface area contributed by atoms with E-state index in [1.165, 1.54) is 0 Å². The number of hydrogen-bond donors (Lipinski definition) is 1. The van der Waals surface area contributed by atoms with Gasteiger partial charge in [0.2, 0.25) is 5.91 Å². The predicted molar refractivity (Wildman–Crippen MR) is 118 cm³/mol. The van der Waals surface area contributed by atoms with Crippen LogP contribution in [0, 0.1) is 18.8 Å². The van der Waals surface area contributed by atoms with Crippen molar-refractivity contribution < 1.29 is 9.59 Å². The van der Waals surface area contributed by atoms with Gasteiger partial charge in [-0.3, -0.25) is 19.4 Å². The van der Waals surface area contributed by atoms with Gasteiger partial charge in [0.15, 0.2) is 5.78 Å². The summed E-state index contributed by atoms with van der Waals surface area (Å²) in [5, 5.41) is 3.61. The quantitative estimate of drug-likeness (QED) is 0.619. The van der Waals surface area contributed by atoms with E-state index < -0.39 is 0 Å². The summed E-state index contributed by atoms with van der Waals surface area (Å²) in [5.74, 6) is 1.08. The van der Waals surface area contributed by atoms with Crippen LogP contribution in [0.1, 0.15) is 48.2 Å². The van der Waals surface area contributed by atoms with Gasteiger partial charge >= 0.3 is 0 Å². The number of ketones is 1. The van der Waals surface area contributed by atoms with Crippen molar-refractivity contribution in [1.29, 1.82) is 0 Å². The van der Waals surface area contributed by atoms with Crippen LogP contribution in [0.2, 0.25) is 0 Å². The zero-order valence-electron chi connectivity index (χ0n) is 17.6. The molecule has 158 valence electrons. The zero-order valence-corrected chi connectivity index (χ0v) is 17.6. The number of aromatic nitrogens is 3. The minimum atomic E-state index is -0.167. The molecule has 5 rings (SSSR count). The van der Waals surface area contributed by atoms with E-state index in [9.17, 15) is 14.4 Å². The van der Waals surface area contributed by atoms with Crippen LogP contribution >= 0.6 is 0 Å². The summed E-state index contributed by atoms with van der Waals surface area (Å²) in [6.07, 6.45) is 7.91. The molecular formula is C24H24N4O3. The molecule has 1 N–H and O–H groups in total. The van der Waals surface area contributed by atoms with Crippen LogP contribution in [0.5, 0.6) is 0 Å². The third-order valence-electron chi connectivity index (χ3n) is 6.17. The number of aryl methyl sites for hydroxylation is 2. The van der Waals surface area contributed by atoms with E-state index in [0.717, 1.165) is 36.6 Å². The molecule has 0 spiro atoms. The number of amides is 1. The number of fused-ring (bicyclic) bond motifs is 1. The second kappa shape index (κ2) is 7.41. The first-order chi connectivity index (χ1) is 14.9. The lowest BCUT2D eigenvalue weighted by molar-refractivity contribution is -0.117. The van der Waals surface area contributed by atoms with Gasteiger partial charge < -0.3 is 9.88 Å². The molecular weight excluding hydrogens is 392 g/mol. The summed E-state index contributed by atoms with van der Waals surface area (Å²) < 4.78 is 1.56. The van der Waals surface area contributed by atoms with E-state index in [2.05, 4.69) is 15.3 Å². The van der Waals surface area contributed by atoms with Crippen LogP contribution in [-0.4, -0.2) is 26.2 Å². The molecule has 2 fully saturated rings. The molecule has 0 unspecified atom stereocenters. The van der Waals surface area contributed by atoms with Gasteiger partial charge in [0.25, 0.3) is 5.56 Å². The molecule has 3 heterocycles. The maximum absolute atomic E-state index is 13.1. The average Bonchev–Trinajstić information content (AvgIpc) is 3.65. The Balaban J connectivity index is 1.49. The first-order valence-corrected chi connectivity index (χ1v) is 10.7. The van der Waals surface area contributed by atoms with E-state index in [-0.39, 0.29) is 23.2 Å². The maximum Gasteiger partial charge on any atom is 0.258 e. The van der Waals surface area contributed by atoms with Gasteiger partial charge in [-0.05, 0) is 56.2 Å². The first kappa shape index (κ1) is 19.6. The summed E-state index contributed by atoms with van der Waals surface area (Å²) in [6, 6.07) is 5.30. The maximum atomic E-state index is 13.1. The van der Waals surface area contributed by atoms with Crippen LogP contribution in [0.4, 0.5) is 5.82 Å². The molecule has 0 bridgehead atoms. The van der Waals surface area contributed by atoms with Gasteiger partial charge in [-0.2, -0.15) is 0 Å². The monoisotopic (exact) mass is 416 g/mol. The Morgan fingerprint density at radius 1 is 1.06 bits per heavy atom. The van der Waals surface area contributed by atoms with Crippen LogP contribution in [0.25, 0.3) is 22.0 Å². The molecule has 3 aromatic heterocycles. The standard InChI is InChI=1S/C24H24N4O3/c1-13-7-19(21(29)8-14-3-4-14)25-12-18(13)17-9-16-11-26-22(27-23(30)15-5-6-15)10-20(16)28(2)24(17)31/h7,9-12,14-15H,3-6,8H2,1-2H3,(H,26,27,30). The first-order valence-electron chi connectivity index (χ1n) is 10.7. The van der Waals surface area contributed by atoms with Crippen molar-refractivity contribution in [3.63, 3.8) is 0 Å². The van der Waals surface area contributed by atoms with Crippen LogP contribution in [0.3, 0.4) is 0 Å². The average molecular weight is 416 g/mol.